The van der Waals surface area contributed by atoms with Gasteiger partial charge in [0.15, 0.2) is 6.10 Å². The summed E-state index contributed by atoms with van der Waals surface area (Å²) in [6, 6.07) is 0. The summed E-state index contributed by atoms with van der Waals surface area (Å²) in [6.45, 7) is 5.94. The highest BCUT2D eigenvalue weighted by Crippen LogP contribution is 2.50. The molecule has 3 heteroatoms. The van der Waals surface area contributed by atoms with Crippen LogP contribution in [0.3, 0.4) is 0 Å². The summed E-state index contributed by atoms with van der Waals surface area (Å²) in [4.78, 5) is 11.3. The maximum absolute atomic E-state index is 11.3. The van der Waals surface area contributed by atoms with Crippen LogP contribution in [0, 0.1) is 17.3 Å². The van der Waals surface area contributed by atoms with Crippen molar-refractivity contribution < 1.29 is 14.3 Å². The molecule has 0 aromatic heterocycles. The zero-order valence-electron chi connectivity index (χ0n) is 9.42. The van der Waals surface area contributed by atoms with E-state index in [1.54, 1.807) is 6.92 Å². The van der Waals surface area contributed by atoms with Gasteiger partial charge in [-0.1, -0.05) is 19.8 Å². The molecule has 2 rings (SSSR count). The Balaban J connectivity index is 2.46. The van der Waals surface area contributed by atoms with Gasteiger partial charge in [0.1, 0.15) is 0 Å². The lowest BCUT2D eigenvalue weighted by molar-refractivity contribution is -0.0530. The second-order valence-corrected chi connectivity index (χ2v) is 4.85. The van der Waals surface area contributed by atoms with Gasteiger partial charge in [-0.05, 0) is 26.2 Å². The predicted octanol–water partition coefficient (Wildman–Crippen LogP) is 2.49. The molecular weight excluding hydrogens is 192 g/mol. The minimum atomic E-state index is -0.725. The molecule has 0 bridgehead atoms. The zero-order valence-corrected chi connectivity index (χ0v) is 9.42. The van der Waals surface area contributed by atoms with Gasteiger partial charge in [-0.2, -0.15) is 0 Å². The molecule has 2 fully saturated rings. The summed E-state index contributed by atoms with van der Waals surface area (Å²) < 4.78 is 10.6. The molecule has 0 aromatic carbocycles. The Hall–Kier alpha value is -1.17. The number of hydrogen-bond acceptors (Lipinski definition) is 3. The molecule has 0 spiro atoms. The van der Waals surface area contributed by atoms with Gasteiger partial charge < -0.3 is 9.47 Å². The van der Waals surface area contributed by atoms with E-state index in [-0.39, 0.29) is 11.5 Å². The van der Waals surface area contributed by atoms with E-state index in [0.29, 0.717) is 0 Å². The van der Waals surface area contributed by atoms with Gasteiger partial charge in [0.25, 0.3) is 0 Å². The third-order valence-electron chi connectivity index (χ3n) is 3.52. The fraction of sp³-hybridized carbons (Fsp3) is 0.750. The Labute approximate surface area is 90.1 Å². The Kier molecular flexibility index (Phi) is 2.18. The smallest absolute Gasteiger partial charge is 0.426 e. The van der Waals surface area contributed by atoms with Gasteiger partial charge in [0, 0.05) is 5.41 Å². The lowest BCUT2D eigenvalue weighted by Gasteiger charge is -2.44. The van der Waals surface area contributed by atoms with E-state index in [0.717, 1.165) is 19.3 Å². The quantitative estimate of drug-likeness (QED) is 0.453. The Bertz CT molecular complexity index is 348. The van der Waals surface area contributed by atoms with Gasteiger partial charge in [-0.25, -0.2) is 4.79 Å². The number of carbonyl (C=O) groups excluding carboxylic acids is 1. The van der Waals surface area contributed by atoms with Crippen LogP contribution < -0.4 is 0 Å². The molecule has 82 valence electrons. The third kappa shape index (κ3) is 1.31. The summed E-state index contributed by atoms with van der Waals surface area (Å²) in [6.07, 6.45) is 2.15. The van der Waals surface area contributed by atoms with Crippen LogP contribution in [-0.2, 0) is 9.47 Å². The second kappa shape index (κ2) is 3.16. The number of hydrogen-bond donors (Lipinski definition) is 0. The highest BCUT2D eigenvalue weighted by molar-refractivity contribution is 5.65. The molecule has 1 aliphatic carbocycles. The number of rotatable bonds is 0. The molecule has 15 heavy (non-hydrogen) atoms. The molecule has 1 heterocycles. The first-order valence-corrected chi connectivity index (χ1v) is 5.35. The predicted molar refractivity (Wildman–Crippen MR) is 55.2 cm³/mol. The maximum Gasteiger partial charge on any atom is 0.510 e. The van der Waals surface area contributed by atoms with Crippen LogP contribution in [0.4, 0.5) is 4.79 Å². The van der Waals surface area contributed by atoms with Crippen LogP contribution in [0.25, 0.3) is 0 Å². The number of fused-ring (bicyclic) bond motifs is 1. The van der Waals surface area contributed by atoms with Crippen LogP contribution >= 0.6 is 0 Å². The van der Waals surface area contributed by atoms with Crippen molar-refractivity contribution in [3.63, 3.8) is 0 Å². The van der Waals surface area contributed by atoms with Gasteiger partial charge in [-0.15, -0.1) is 5.92 Å². The van der Waals surface area contributed by atoms with E-state index in [4.69, 9.17) is 9.47 Å². The summed E-state index contributed by atoms with van der Waals surface area (Å²) in [7, 11) is 0. The summed E-state index contributed by atoms with van der Waals surface area (Å²) in [5.74, 6) is 5.93. The van der Waals surface area contributed by atoms with Crippen molar-refractivity contribution >= 4 is 6.16 Å². The molecule has 2 atom stereocenters. The van der Waals surface area contributed by atoms with Crippen molar-refractivity contribution in [2.75, 3.05) is 0 Å². The van der Waals surface area contributed by atoms with E-state index in [2.05, 4.69) is 25.7 Å². The standard InChI is InChI=1S/C12H16O3/c1-4-7-12-9(14-10(13)15-12)6-5-8-11(12,2)3/h9H,5-6,8H2,1-3H3/t9-,12-/m1/s1. The van der Waals surface area contributed by atoms with E-state index >= 15 is 0 Å². The molecule has 1 saturated carbocycles. The highest BCUT2D eigenvalue weighted by atomic mass is 16.8. The first-order chi connectivity index (χ1) is 7.02. The van der Waals surface area contributed by atoms with Crippen molar-refractivity contribution in [1.82, 2.24) is 0 Å². The molecule has 1 aliphatic heterocycles. The minimum absolute atomic E-state index is 0.134. The molecule has 0 N–H and O–H groups in total. The topological polar surface area (TPSA) is 35.5 Å². The average molecular weight is 208 g/mol. The first-order valence-electron chi connectivity index (χ1n) is 5.35. The van der Waals surface area contributed by atoms with Crippen LogP contribution in [0.15, 0.2) is 0 Å². The second-order valence-electron chi connectivity index (χ2n) is 4.85. The van der Waals surface area contributed by atoms with Crippen LogP contribution in [-0.4, -0.2) is 17.9 Å². The van der Waals surface area contributed by atoms with Gasteiger partial charge in [-0.3, -0.25) is 0 Å². The number of ether oxygens (including phenoxy) is 2. The Morgan fingerprint density at radius 1 is 1.47 bits per heavy atom. The molecule has 0 unspecified atom stereocenters. The van der Waals surface area contributed by atoms with E-state index in [9.17, 15) is 4.79 Å². The van der Waals surface area contributed by atoms with Gasteiger partial charge >= 0.3 is 6.16 Å². The molecule has 1 saturated heterocycles. The Morgan fingerprint density at radius 3 is 2.87 bits per heavy atom. The van der Waals surface area contributed by atoms with Crippen LogP contribution in [0.5, 0.6) is 0 Å². The van der Waals surface area contributed by atoms with Crippen molar-refractivity contribution in [1.29, 1.82) is 0 Å². The Morgan fingerprint density at radius 2 is 2.20 bits per heavy atom. The zero-order chi connectivity index (χ0) is 11.1. The van der Waals surface area contributed by atoms with E-state index in [1.807, 2.05) is 0 Å². The van der Waals surface area contributed by atoms with Gasteiger partial charge in [0.05, 0.1) is 0 Å². The monoisotopic (exact) mass is 208 g/mol. The lowest BCUT2D eigenvalue weighted by Crippen LogP contribution is -2.53. The minimum Gasteiger partial charge on any atom is -0.426 e. The largest absolute Gasteiger partial charge is 0.510 e. The van der Waals surface area contributed by atoms with Gasteiger partial charge in [0.2, 0.25) is 5.60 Å². The molecule has 0 radical (unpaired) electrons. The summed E-state index contributed by atoms with van der Waals surface area (Å²) >= 11 is 0. The number of carbonyl (C=O) groups is 1. The fourth-order valence-corrected chi connectivity index (χ4v) is 2.63. The van der Waals surface area contributed by atoms with Crippen molar-refractivity contribution in [3.8, 4) is 11.8 Å². The fourth-order valence-electron chi connectivity index (χ4n) is 2.63. The summed E-state index contributed by atoms with van der Waals surface area (Å²) in [5.41, 5.74) is -0.859. The lowest BCUT2D eigenvalue weighted by atomic mass is 9.64. The SMILES string of the molecule is CC#C[C@@]12OC(=O)O[C@@H]1CCCC2(C)C. The highest BCUT2D eigenvalue weighted by Gasteiger charge is 2.61. The molecular formula is C12H16O3. The molecule has 3 nitrogen and oxygen atoms in total. The van der Waals surface area contributed by atoms with Crippen LogP contribution in [0.1, 0.15) is 40.0 Å². The summed E-state index contributed by atoms with van der Waals surface area (Å²) in [5, 5.41) is 0. The molecule has 2 aliphatic rings. The first kappa shape index (κ1) is 10.4. The average Bonchev–Trinajstić information content (AvgIpc) is 2.44. The third-order valence-corrected chi connectivity index (χ3v) is 3.52. The maximum atomic E-state index is 11.3. The molecule has 0 aromatic rings. The van der Waals surface area contributed by atoms with Crippen molar-refractivity contribution in [2.24, 2.45) is 5.41 Å². The molecule has 0 amide bonds. The van der Waals surface area contributed by atoms with Crippen molar-refractivity contribution in [2.45, 2.75) is 51.7 Å². The van der Waals surface area contributed by atoms with E-state index < -0.39 is 11.8 Å². The van der Waals surface area contributed by atoms with Crippen LogP contribution in [0.2, 0.25) is 0 Å². The normalized spacial score (nSPS) is 37.0. The van der Waals surface area contributed by atoms with Crippen molar-refractivity contribution in [3.05, 3.63) is 0 Å². The van der Waals surface area contributed by atoms with E-state index in [1.165, 1.54) is 0 Å².